The average Bonchev–Trinajstić information content (AvgIpc) is 2.42. The first-order chi connectivity index (χ1) is 9.19. The van der Waals surface area contributed by atoms with Crippen molar-refractivity contribution < 1.29 is 0 Å². The Labute approximate surface area is 120 Å². The lowest BCUT2D eigenvalue weighted by atomic mass is 10.2. The zero-order valence-corrected chi connectivity index (χ0v) is 12.6. The van der Waals surface area contributed by atoms with Crippen LogP contribution in [0.1, 0.15) is 19.0 Å². The van der Waals surface area contributed by atoms with Crippen molar-refractivity contribution in [2.75, 3.05) is 45.1 Å². The number of pyridine rings is 1. The number of hydrogen-bond donors (Lipinski definition) is 1. The SMILES string of the molecule is CCCNc1ccc(Cl)c(CN2CCN(C)CC2)n1. The number of hydrogen-bond acceptors (Lipinski definition) is 4. The van der Waals surface area contributed by atoms with Crippen LogP contribution < -0.4 is 5.32 Å². The highest BCUT2D eigenvalue weighted by Gasteiger charge is 2.16. The highest BCUT2D eigenvalue weighted by Crippen LogP contribution is 2.19. The lowest BCUT2D eigenvalue weighted by molar-refractivity contribution is 0.147. The lowest BCUT2D eigenvalue weighted by Crippen LogP contribution is -2.44. The van der Waals surface area contributed by atoms with Crippen molar-refractivity contribution in [1.82, 2.24) is 14.8 Å². The Morgan fingerprint density at radius 3 is 2.68 bits per heavy atom. The topological polar surface area (TPSA) is 31.4 Å². The Bertz CT molecular complexity index is 402. The Hall–Kier alpha value is -0.840. The number of anilines is 1. The number of rotatable bonds is 5. The molecule has 19 heavy (non-hydrogen) atoms. The summed E-state index contributed by atoms with van der Waals surface area (Å²) in [5.74, 6) is 0.926. The summed E-state index contributed by atoms with van der Waals surface area (Å²) in [7, 11) is 2.16. The molecule has 106 valence electrons. The van der Waals surface area contributed by atoms with Crippen molar-refractivity contribution in [2.45, 2.75) is 19.9 Å². The van der Waals surface area contributed by atoms with Crippen LogP contribution in [0.25, 0.3) is 0 Å². The van der Waals surface area contributed by atoms with Crippen molar-refractivity contribution in [2.24, 2.45) is 0 Å². The van der Waals surface area contributed by atoms with Crippen LogP contribution in [0.4, 0.5) is 5.82 Å². The van der Waals surface area contributed by atoms with Crippen LogP contribution >= 0.6 is 11.6 Å². The van der Waals surface area contributed by atoms with Gasteiger partial charge >= 0.3 is 0 Å². The summed E-state index contributed by atoms with van der Waals surface area (Å²) >= 11 is 6.25. The fourth-order valence-electron chi connectivity index (χ4n) is 2.16. The summed E-state index contributed by atoms with van der Waals surface area (Å²) in [5.41, 5.74) is 0.979. The van der Waals surface area contributed by atoms with Gasteiger partial charge in [0.15, 0.2) is 0 Å². The van der Waals surface area contributed by atoms with E-state index >= 15 is 0 Å². The summed E-state index contributed by atoms with van der Waals surface area (Å²) in [6.07, 6.45) is 1.10. The van der Waals surface area contributed by atoms with Gasteiger partial charge in [-0.1, -0.05) is 18.5 Å². The van der Waals surface area contributed by atoms with Gasteiger partial charge in [-0.15, -0.1) is 0 Å². The van der Waals surface area contributed by atoms with Gasteiger partial charge in [0.2, 0.25) is 0 Å². The zero-order chi connectivity index (χ0) is 13.7. The highest BCUT2D eigenvalue weighted by molar-refractivity contribution is 6.31. The first-order valence-corrected chi connectivity index (χ1v) is 7.37. The second kappa shape index (κ2) is 7.08. The number of piperazine rings is 1. The summed E-state index contributed by atoms with van der Waals surface area (Å²) in [4.78, 5) is 9.39. The largest absolute Gasteiger partial charge is 0.370 e. The van der Waals surface area contributed by atoms with Gasteiger partial charge in [0.05, 0.1) is 10.7 Å². The van der Waals surface area contributed by atoms with Crippen LogP contribution in [-0.4, -0.2) is 54.6 Å². The molecule has 0 aromatic carbocycles. The third-order valence-electron chi connectivity index (χ3n) is 3.44. The molecule has 0 atom stereocenters. The van der Waals surface area contributed by atoms with Gasteiger partial charge < -0.3 is 10.2 Å². The van der Waals surface area contributed by atoms with Crippen molar-refractivity contribution >= 4 is 17.4 Å². The fraction of sp³-hybridized carbons (Fsp3) is 0.643. The molecule has 0 spiro atoms. The van der Waals surface area contributed by atoms with Gasteiger partial charge in [-0.05, 0) is 25.6 Å². The molecule has 0 amide bonds. The van der Waals surface area contributed by atoms with Gasteiger partial charge in [-0.2, -0.15) is 0 Å². The van der Waals surface area contributed by atoms with Crippen molar-refractivity contribution in [1.29, 1.82) is 0 Å². The van der Waals surface area contributed by atoms with Crippen LogP contribution in [0.2, 0.25) is 5.02 Å². The van der Waals surface area contributed by atoms with E-state index in [1.807, 2.05) is 12.1 Å². The summed E-state index contributed by atoms with van der Waals surface area (Å²) < 4.78 is 0. The number of nitrogens with one attached hydrogen (secondary N) is 1. The molecule has 0 bridgehead atoms. The highest BCUT2D eigenvalue weighted by atomic mass is 35.5. The molecule has 2 rings (SSSR count). The summed E-state index contributed by atoms with van der Waals surface area (Å²) in [5, 5.41) is 4.07. The standard InChI is InChI=1S/C14H23ClN4/c1-3-6-16-14-5-4-12(15)13(17-14)11-19-9-7-18(2)8-10-19/h4-5H,3,6-11H2,1-2H3,(H,16,17). The van der Waals surface area contributed by atoms with E-state index in [2.05, 4.69) is 34.1 Å². The van der Waals surface area contributed by atoms with Crippen molar-refractivity contribution in [3.63, 3.8) is 0 Å². The van der Waals surface area contributed by atoms with Crippen LogP contribution in [0.15, 0.2) is 12.1 Å². The molecule has 0 saturated carbocycles. The normalized spacial score (nSPS) is 17.6. The van der Waals surface area contributed by atoms with Crippen LogP contribution in [0.5, 0.6) is 0 Å². The predicted molar refractivity (Wildman–Crippen MR) is 80.8 cm³/mol. The van der Waals surface area contributed by atoms with E-state index in [1.54, 1.807) is 0 Å². The van der Waals surface area contributed by atoms with Gasteiger partial charge in [-0.25, -0.2) is 4.98 Å². The number of nitrogens with zero attached hydrogens (tertiary/aromatic N) is 3. The first-order valence-electron chi connectivity index (χ1n) is 6.99. The maximum Gasteiger partial charge on any atom is 0.126 e. The third kappa shape index (κ3) is 4.34. The van der Waals surface area contributed by atoms with Gasteiger partial charge in [-0.3, -0.25) is 4.90 Å². The fourth-order valence-corrected chi connectivity index (χ4v) is 2.33. The molecule has 0 unspecified atom stereocenters. The molecule has 4 nitrogen and oxygen atoms in total. The number of halogens is 1. The average molecular weight is 283 g/mol. The van der Waals surface area contributed by atoms with Gasteiger partial charge in [0, 0.05) is 39.3 Å². The molecule has 1 aromatic rings. The van der Waals surface area contributed by atoms with Crippen molar-refractivity contribution in [3.05, 3.63) is 22.8 Å². The molecule has 1 aromatic heterocycles. The van der Waals surface area contributed by atoms with E-state index in [-0.39, 0.29) is 0 Å². The van der Waals surface area contributed by atoms with E-state index in [0.717, 1.165) is 62.2 Å². The quantitative estimate of drug-likeness (QED) is 0.898. The number of aromatic nitrogens is 1. The molecule has 0 radical (unpaired) electrons. The van der Waals surface area contributed by atoms with Gasteiger partial charge in [0.1, 0.15) is 5.82 Å². The third-order valence-corrected chi connectivity index (χ3v) is 3.79. The van der Waals surface area contributed by atoms with E-state index in [1.165, 1.54) is 0 Å². The Morgan fingerprint density at radius 1 is 1.26 bits per heavy atom. The predicted octanol–water partition coefficient (Wildman–Crippen LogP) is 2.30. The maximum atomic E-state index is 6.25. The summed E-state index contributed by atoms with van der Waals surface area (Å²) in [6.45, 7) is 8.34. The number of likely N-dealkylation sites (N-methyl/N-ethyl adjacent to an activating group) is 1. The van der Waals surface area contributed by atoms with E-state index in [0.29, 0.717) is 0 Å². The molecule has 5 heteroatoms. The zero-order valence-electron chi connectivity index (χ0n) is 11.8. The van der Waals surface area contributed by atoms with E-state index in [4.69, 9.17) is 11.6 Å². The minimum Gasteiger partial charge on any atom is -0.370 e. The minimum absolute atomic E-state index is 0.765. The van der Waals surface area contributed by atoms with E-state index in [9.17, 15) is 0 Å². The van der Waals surface area contributed by atoms with Gasteiger partial charge in [0.25, 0.3) is 0 Å². The van der Waals surface area contributed by atoms with Crippen LogP contribution in [0.3, 0.4) is 0 Å². The molecule has 1 N–H and O–H groups in total. The Balaban J connectivity index is 1.98. The second-order valence-electron chi connectivity index (χ2n) is 5.13. The molecule has 2 heterocycles. The van der Waals surface area contributed by atoms with Crippen LogP contribution in [0, 0.1) is 0 Å². The van der Waals surface area contributed by atoms with Crippen LogP contribution in [-0.2, 0) is 6.54 Å². The summed E-state index contributed by atoms with van der Waals surface area (Å²) in [6, 6.07) is 3.89. The molecule has 0 aliphatic carbocycles. The first kappa shape index (κ1) is 14.6. The minimum atomic E-state index is 0.765. The molecule has 1 aliphatic rings. The second-order valence-corrected chi connectivity index (χ2v) is 5.54. The van der Waals surface area contributed by atoms with E-state index < -0.39 is 0 Å². The molecule has 1 saturated heterocycles. The monoisotopic (exact) mass is 282 g/mol. The molecule has 1 aliphatic heterocycles. The molecular weight excluding hydrogens is 260 g/mol. The molecule has 1 fully saturated rings. The maximum absolute atomic E-state index is 6.25. The Morgan fingerprint density at radius 2 is 2.00 bits per heavy atom. The Kier molecular flexibility index (Phi) is 5.43. The van der Waals surface area contributed by atoms with Crippen molar-refractivity contribution in [3.8, 4) is 0 Å². The lowest BCUT2D eigenvalue weighted by Gasteiger charge is -2.32. The smallest absolute Gasteiger partial charge is 0.126 e. The molecular formula is C14H23ClN4.